The third-order valence-corrected chi connectivity index (χ3v) is 3.81. The number of pyridine rings is 1. The van der Waals surface area contributed by atoms with E-state index in [0.29, 0.717) is 43.1 Å². The van der Waals surface area contributed by atoms with Crippen LogP contribution in [-0.4, -0.2) is 41.3 Å². The summed E-state index contributed by atoms with van der Waals surface area (Å²) in [5.41, 5.74) is 0.470. The average Bonchev–Trinajstić information content (AvgIpc) is 2.47. The van der Waals surface area contributed by atoms with E-state index in [1.807, 2.05) is 6.92 Å². The highest BCUT2D eigenvalue weighted by molar-refractivity contribution is 6.33. The summed E-state index contributed by atoms with van der Waals surface area (Å²) < 4.78 is 0. The number of nitrogens with one attached hydrogen (secondary N) is 1. The minimum atomic E-state index is -0.0910. The molecule has 0 spiro atoms. The first kappa shape index (κ1) is 14.8. The molecule has 1 aliphatic rings. The van der Waals surface area contributed by atoms with Gasteiger partial charge in [0.05, 0.1) is 10.6 Å². The maximum atomic E-state index is 12.3. The second-order valence-electron chi connectivity index (χ2n) is 4.82. The lowest BCUT2D eigenvalue weighted by molar-refractivity contribution is -0.126. The standard InChI is InChI=1S/C14H18ClN3O2/c1-2-17-13(19)10-4-7-18(8-5-10)14(20)11-3-6-16-9-12(11)15/h3,6,9-10H,2,4-5,7-8H2,1H3,(H,17,19). The van der Waals surface area contributed by atoms with Gasteiger partial charge >= 0.3 is 0 Å². The van der Waals surface area contributed by atoms with Crippen molar-refractivity contribution in [3.8, 4) is 0 Å². The van der Waals surface area contributed by atoms with Gasteiger partial charge in [0.1, 0.15) is 0 Å². The van der Waals surface area contributed by atoms with Crippen molar-refractivity contribution >= 4 is 23.4 Å². The van der Waals surface area contributed by atoms with E-state index in [2.05, 4.69) is 10.3 Å². The molecule has 0 bridgehead atoms. The number of halogens is 1. The highest BCUT2D eigenvalue weighted by atomic mass is 35.5. The van der Waals surface area contributed by atoms with E-state index < -0.39 is 0 Å². The summed E-state index contributed by atoms with van der Waals surface area (Å²) in [4.78, 5) is 29.7. The van der Waals surface area contributed by atoms with Gasteiger partial charge in [-0.05, 0) is 25.8 Å². The quantitative estimate of drug-likeness (QED) is 0.923. The number of amides is 2. The van der Waals surface area contributed by atoms with Gasteiger partial charge in [-0.3, -0.25) is 14.6 Å². The second kappa shape index (κ2) is 6.70. The lowest BCUT2D eigenvalue weighted by Crippen LogP contribution is -2.43. The molecular formula is C14H18ClN3O2. The fourth-order valence-electron chi connectivity index (χ4n) is 2.38. The highest BCUT2D eigenvalue weighted by Crippen LogP contribution is 2.21. The number of carbonyl (C=O) groups excluding carboxylic acids is 2. The van der Waals surface area contributed by atoms with Gasteiger partial charge in [0.25, 0.3) is 5.91 Å². The summed E-state index contributed by atoms with van der Waals surface area (Å²) >= 11 is 5.98. The summed E-state index contributed by atoms with van der Waals surface area (Å²) in [6.07, 6.45) is 4.41. The monoisotopic (exact) mass is 295 g/mol. The Kier molecular flexibility index (Phi) is 4.95. The first-order valence-electron chi connectivity index (χ1n) is 6.80. The Morgan fingerprint density at radius 1 is 1.45 bits per heavy atom. The predicted molar refractivity (Wildman–Crippen MR) is 76.6 cm³/mol. The van der Waals surface area contributed by atoms with Crippen molar-refractivity contribution < 1.29 is 9.59 Å². The van der Waals surface area contributed by atoms with E-state index in [1.165, 1.54) is 6.20 Å². The molecule has 0 aliphatic carbocycles. The van der Waals surface area contributed by atoms with Crippen LogP contribution in [0.15, 0.2) is 18.5 Å². The van der Waals surface area contributed by atoms with Gasteiger partial charge in [0, 0.05) is 37.9 Å². The molecule has 0 radical (unpaired) electrons. The maximum Gasteiger partial charge on any atom is 0.255 e. The minimum Gasteiger partial charge on any atom is -0.356 e. The molecule has 1 fully saturated rings. The molecular weight excluding hydrogens is 278 g/mol. The van der Waals surface area contributed by atoms with Gasteiger partial charge in [-0.15, -0.1) is 0 Å². The zero-order valence-corrected chi connectivity index (χ0v) is 12.2. The number of carbonyl (C=O) groups is 2. The van der Waals surface area contributed by atoms with E-state index in [4.69, 9.17) is 11.6 Å². The van der Waals surface area contributed by atoms with Crippen LogP contribution in [0.3, 0.4) is 0 Å². The van der Waals surface area contributed by atoms with E-state index in [1.54, 1.807) is 17.2 Å². The largest absolute Gasteiger partial charge is 0.356 e. The van der Waals surface area contributed by atoms with Gasteiger partial charge in [-0.1, -0.05) is 11.6 Å². The summed E-state index contributed by atoms with van der Waals surface area (Å²) in [7, 11) is 0. The van der Waals surface area contributed by atoms with Crippen LogP contribution in [0.1, 0.15) is 30.1 Å². The van der Waals surface area contributed by atoms with Crippen molar-refractivity contribution in [3.05, 3.63) is 29.0 Å². The van der Waals surface area contributed by atoms with Crippen molar-refractivity contribution in [3.63, 3.8) is 0 Å². The smallest absolute Gasteiger partial charge is 0.255 e. The number of aromatic nitrogens is 1. The van der Waals surface area contributed by atoms with Crippen molar-refractivity contribution in [2.75, 3.05) is 19.6 Å². The van der Waals surface area contributed by atoms with E-state index >= 15 is 0 Å². The van der Waals surface area contributed by atoms with E-state index in [-0.39, 0.29) is 17.7 Å². The molecule has 6 heteroatoms. The molecule has 0 atom stereocenters. The Bertz CT molecular complexity index is 499. The fraction of sp³-hybridized carbons (Fsp3) is 0.500. The molecule has 1 aromatic heterocycles. The predicted octanol–water partition coefficient (Wildman–Crippen LogP) is 1.72. The van der Waals surface area contributed by atoms with Gasteiger partial charge in [0.2, 0.25) is 5.91 Å². The Morgan fingerprint density at radius 3 is 2.75 bits per heavy atom. The Balaban J connectivity index is 1.96. The number of rotatable bonds is 3. The van der Waals surface area contributed by atoms with Crippen LogP contribution in [0.2, 0.25) is 5.02 Å². The van der Waals surface area contributed by atoms with Gasteiger partial charge in [0.15, 0.2) is 0 Å². The number of hydrogen-bond donors (Lipinski definition) is 1. The first-order chi connectivity index (χ1) is 9.63. The van der Waals surface area contributed by atoms with Crippen LogP contribution in [0.5, 0.6) is 0 Å². The number of likely N-dealkylation sites (tertiary alicyclic amines) is 1. The molecule has 0 saturated carbocycles. The highest BCUT2D eigenvalue weighted by Gasteiger charge is 2.28. The minimum absolute atomic E-state index is 0.00640. The first-order valence-corrected chi connectivity index (χ1v) is 7.17. The van der Waals surface area contributed by atoms with Gasteiger partial charge in [-0.2, -0.15) is 0 Å². The molecule has 1 aliphatic heterocycles. The molecule has 1 N–H and O–H groups in total. The number of piperidine rings is 1. The third kappa shape index (κ3) is 3.28. The lowest BCUT2D eigenvalue weighted by atomic mass is 9.95. The van der Waals surface area contributed by atoms with Crippen molar-refractivity contribution in [2.45, 2.75) is 19.8 Å². The summed E-state index contributed by atoms with van der Waals surface area (Å²) in [6, 6.07) is 1.63. The Morgan fingerprint density at radius 2 is 2.15 bits per heavy atom. The number of nitrogens with zero attached hydrogens (tertiary/aromatic N) is 2. The van der Waals surface area contributed by atoms with E-state index in [0.717, 1.165) is 0 Å². The molecule has 2 heterocycles. The Hall–Kier alpha value is -1.62. The topological polar surface area (TPSA) is 62.3 Å². The van der Waals surface area contributed by atoms with Crippen molar-refractivity contribution in [1.29, 1.82) is 0 Å². The average molecular weight is 296 g/mol. The van der Waals surface area contributed by atoms with Crippen molar-refractivity contribution in [2.24, 2.45) is 5.92 Å². The fourth-order valence-corrected chi connectivity index (χ4v) is 2.58. The zero-order valence-electron chi connectivity index (χ0n) is 11.4. The van der Waals surface area contributed by atoms with Crippen LogP contribution in [0.4, 0.5) is 0 Å². The van der Waals surface area contributed by atoms with Crippen LogP contribution >= 0.6 is 11.6 Å². The molecule has 1 saturated heterocycles. The second-order valence-corrected chi connectivity index (χ2v) is 5.22. The third-order valence-electron chi connectivity index (χ3n) is 3.51. The molecule has 0 unspecified atom stereocenters. The lowest BCUT2D eigenvalue weighted by Gasteiger charge is -2.31. The molecule has 20 heavy (non-hydrogen) atoms. The zero-order chi connectivity index (χ0) is 14.5. The van der Waals surface area contributed by atoms with Crippen LogP contribution in [-0.2, 0) is 4.79 Å². The molecule has 2 rings (SSSR count). The number of hydrogen-bond acceptors (Lipinski definition) is 3. The summed E-state index contributed by atoms with van der Waals surface area (Å²) in [5.74, 6) is 0.000189. The van der Waals surface area contributed by atoms with Gasteiger partial charge in [-0.25, -0.2) is 0 Å². The van der Waals surface area contributed by atoms with E-state index in [9.17, 15) is 9.59 Å². The van der Waals surface area contributed by atoms with Crippen LogP contribution in [0.25, 0.3) is 0 Å². The van der Waals surface area contributed by atoms with Crippen LogP contribution < -0.4 is 5.32 Å². The molecule has 5 nitrogen and oxygen atoms in total. The van der Waals surface area contributed by atoms with Gasteiger partial charge < -0.3 is 10.2 Å². The molecule has 108 valence electrons. The van der Waals surface area contributed by atoms with Crippen LogP contribution in [0, 0.1) is 5.92 Å². The van der Waals surface area contributed by atoms with Crippen molar-refractivity contribution in [1.82, 2.24) is 15.2 Å². The molecule has 1 aromatic rings. The summed E-state index contributed by atoms with van der Waals surface area (Å²) in [6.45, 7) is 3.71. The summed E-state index contributed by atoms with van der Waals surface area (Å²) in [5, 5.41) is 3.19. The molecule has 0 aromatic carbocycles. The maximum absolute atomic E-state index is 12.3. The molecule has 2 amide bonds. The SMILES string of the molecule is CCNC(=O)C1CCN(C(=O)c2ccncc2Cl)CC1. The normalized spacial score (nSPS) is 16.0. The Labute approximate surface area is 123 Å².